The number of nitrogens with one attached hydrogen (secondary N) is 1. The van der Waals surface area contributed by atoms with Crippen molar-refractivity contribution in [3.63, 3.8) is 0 Å². The molecule has 0 aliphatic rings. The molecule has 0 bridgehead atoms. The Bertz CT molecular complexity index is 921. The molecule has 134 valence electrons. The van der Waals surface area contributed by atoms with E-state index in [2.05, 4.69) is 15.0 Å². The van der Waals surface area contributed by atoms with Crippen LogP contribution in [0.3, 0.4) is 0 Å². The van der Waals surface area contributed by atoms with Crippen LogP contribution >= 0.6 is 11.3 Å². The highest BCUT2D eigenvalue weighted by Crippen LogP contribution is 2.25. The van der Waals surface area contributed by atoms with E-state index in [1.54, 1.807) is 18.2 Å². The topological polar surface area (TPSA) is 51.2 Å². The average molecular weight is 378 g/mol. The number of amides is 1. The van der Waals surface area contributed by atoms with E-state index in [1.165, 1.54) is 23.5 Å². The van der Waals surface area contributed by atoms with E-state index >= 15 is 0 Å². The molecule has 0 unspecified atom stereocenters. The number of carbonyl (C=O) groups excluding carboxylic acids is 1. The van der Waals surface area contributed by atoms with E-state index in [0.29, 0.717) is 5.69 Å². The molecular formula is C18H13F3N2O2S. The van der Waals surface area contributed by atoms with Gasteiger partial charge in [0.05, 0.1) is 10.7 Å². The normalized spacial score (nSPS) is 11.2. The molecule has 26 heavy (non-hydrogen) atoms. The fraction of sp³-hybridized carbons (Fsp3) is 0.111. The number of halogens is 3. The van der Waals surface area contributed by atoms with Crippen LogP contribution < -0.4 is 10.1 Å². The number of thiazole rings is 1. The molecule has 0 fully saturated rings. The molecule has 3 aromatic rings. The quantitative estimate of drug-likeness (QED) is 0.673. The summed E-state index contributed by atoms with van der Waals surface area (Å²) in [6, 6.07) is 11.9. The Morgan fingerprint density at radius 3 is 2.50 bits per heavy atom. The van der Waals surface area contributed by atoms with E-state index in [-0.39, 0.29) is 11.3 Å². The summed E-state index contributed by atoms with van der Waals surface area (Å²) in [5, 5.41) is 5.58. The number of anilines is 1. The van der Waals surface area contributed by atoms with E-state index in [9.17, 15) is 18.0 Å². The number of ether oxygens (including phenoxy) is 1. The largest absolute Gasteiger partial charge is 0.573 e. The zero-order valence-electron chi connectivity index (χ0n) is 13.5. The number of hydrogen-bond acceptors (Lipinski definition) is 4. The van der Waals surface area contributed by atoms with Gasteiger partial charge < -0.3 is 10.1 Å². The Morgan fingerprint density at radius 1 is 1.15 bits per heavy atom. The Morgan fingerprint density at radius 2 is 1.88 bits per heavy atom. The van der Waals surface area contributed by atoms with E-state index in [1.807, 2.05) is 18.4 Å². The van der Waals surface area contributed by atoms with Crippen LogP contribution in [0.5, 0.6) is 5.75 Å². The standard InChI is InChI=1S/C18H13F3N2O2S/c1-11-22-16(10-26-11)13-3-2-4-14(9-13)23-17(24)12-5-7-15(8-6-12)25-18(19,20)21/h2-10H,1H3,(H,23,24). The molecule has 8 heteroatoms. The van der Waals surface area contributed by atoms with Gasteiger partial charge in [0.1, 0.15) is 5.75 Å². The lowest BCUT2D eigenvalue weighted by Crippen LogP contribution is -2.17. The minimum atomic E-state index is -4.77. The maximum atomic E-state index is 12.3. The van der Waals surface area contributed by atoms with Crippen molar-refractivity contribution in [3.8, 4) is 17.0 Å². The van der Waals surface area contributed by atoms with Gasteiger partial charge in [-0.05, 0) is 43.3 Å². The van der Waals surface area contributed by atoms with Crippen LogP contribution in [0.4, 0.5) is 18.9 Å². The first kappa shape index (κ1) is 17.9. The van der Waals surface area contributed by atoms with Gasteiger partial charge in [-0.3, -0.25) is 4.79 Å². The molecule has 0 atom stereocenters. The Hall–Kier alpha value is -2.87. The molecule has 0 radical (unpaired) electrons. The van der Waals surface area contributed by atoms with E-state index in [4.69, 9.17) is 0 Å². The lowest BCUT2D eigenvalue weighted by molar-refractivity contribution is -0.274. The number of aryl methyl sites for hydroxylation is 1. The molecule has 1 N–H and O–H groups in total. The first-order valence-corrected chi connectivity index (χ1v) is 8.38. The maximum absolute atomic E-state index is 12.3. The van der Waals surface area contributed by atoms with Crippen LogP contribution in [0.1, 0.15) is 15.4 Å². The zero-order chi connectivity index (χ0) is 18.7. The summed E-state index contributed by atoms with van der Waals surface area (Å²) in [7, 11) is 0. The zero-order valence-corrected chi connectivity index (χ0v) is 14.3. The molecule has 3 rings (SSSR count). The van der Waals surface area contributed by atoms with Crippen molar-refractivity contribution < 1.29 is 22.7 Å². The van der Waals surface area contributed by atoms with Gasteiger partial charge in [-0.15, -0.1) is 24.5 Å². The van der Waals surface area contributed by atoms with Gasteiger partial charge in [0.2, 0.25) is 0 Å². The first-order chi connectivity index (χ1) is 12.3. The highest BCUT2D eigenvalue weighted by Gasteiger charge is 2.31. The number of carbonyl (C=O) groups is 1. The Kier molecular flexibility index (Phi) is 4.94. The number of benzene rings is 2. The second-order valence-corrected chi connectivity index (χ2v) is 6.42. The number of nitrogens with zero attached hydrogens (tertiary/aromatic N) is 1. The average Bonchev–Trinajstić information content (AvgIpc) is 3.01. The SMILES string of the molecule is Cc1nc(-c2cccc(NC(=O)c3ccc(OC(F)(F)F)cc3)c2)cs1. The fourth-order valence-corrected chi connectivity index (χ4v) is 2.89. The molecule has 2 aromatic carbocycles. The summed E-state index contributed by atoms with van der Waals surface area (Å²) in [6.07, 6.45) is -4.77. The van der Waals surface area contributed by atoms with Gasteiger partial charge in [0.25, 0.3) is 5.91 Å². The van der Waals surface area contributed by atoms with Gasteiger partial charge in [0, 0.05) is 22.2 Å². The van der Waals surface area contributed by atoms with Crippen molar-refractivity contribution in [1.82, 2.24) is 4.98 Å². The summed E-state index contributed by atoms with van der Waals surface area (Å²) in [5.74, 6) is -0.815. The van der Waals surface area contributed by atoms with Crippen molar-refractivity contribution in [3.05, 3.63) is 64.5 Å². The third-order valence-electron chi connectivity index (χ3n) is 3.39. The van der Waals surface area contributed by atoms with Gasteiger partial charge in [-0.25, -0.2) is 4.98 Å². The predicted molar refractivity (Wildman–Crippen MR) is 93.4 cm³/mol. The maximum Gasteiger partial charge on any atom is 0.573 e. The van der Waals surface area contributed by atoms with E-state index in [0.717, 1.165) is 28.4 Å². The van der Waals surface area contributed by atoms with Gasteiger partial charge >= 0.3 is 6.36 Å². The monoisotopic (exact) mass is 378 g/mol. The van der Waals surface area contributed by atoms with E-state index < -0.39 is 12.3 Å². The molecule has 0 saturated carbocycles. The molecule has 4 nitrogen and oxygen atoms in total. The van der Waals surface area contributed by atoms with Crippen molar-refractivity contribution in [2.24, 2.45) is 0 Å². The summed E-state index contributed by atoms with van der Waals surface area (Å²) >= 11 is 1.53. The van der Waals surface area contributed by atoms with Crippen molar-refractivity contribution in [2.75, 3.05) is 5.32 Å². The molecule has 0 aliphatic heterocycles. The molecular weight excluding hydrogens is 365 g/mol. The smallest absolute Gasteiger partial charge is 0.406 e. The van der Waals surface area contributed by atoms with Crippen molar-refractivity contribution >= 4 is 22.9 Å². The lowest BCUT2D eigenvalue weighted by Gasteiger charge is -2.10. The summed E-state index contributed by atoms with van der Waals surface area (Å²) in [5.41, 5.74) is 2.46. The van der Waals surface area contributed by atoms with Crippen LogP contribution in [-0.4, -0.2) is 17.3 Å². The predicted octanol–water partition coefficient (Wildman–Crippen LogP) is 5.27. The number of rotatable bonds is 4. The number of hydrogen-bond donors (Lipinski definition) is 1. The molecule has 0 aliphatic carbocycles. The highest BCUT2D eigenvalue weighted by atomic mass is 32.1. The Balaban J connectivity index is 1.72. The molecule has 0 spiro atoms. The number of alkyl halides is 3. The lowest BCUT2D eigenvalue weighted by atomic mass is 10.1. The Labute approximate surface area is 151 Å². The fourth-order valence-electron chi connectivity index (χ4n) is 2.26. The van der Waals surface area contributed by atoms with Gasteiger partial charge in [-0.2, -0.15) is 0 Å². The van der Waals surface area contributed by atoms with Crippen LogP contribution in [0.25, 0.3) is 11.3 Å². The first-order valence-electron chi connectivity index (χ1n) is 7.50. The van der Waals surface area contributed by atoms with Crippen LogP contribution in [0.15, 0.2) is 53.9 Å². The second-order valence-electron chi connectivity index (χ2n) is 5.36. The molecule has 1 aromatic heterocycles. The molecule has 1 amide bonds. The van der Waals surface area contributed by atoms with Gasteiger partial charge in [-0.1, -0.05) is 12.1 Å². The van der Waals surface area contributed by atoms with Crippen LogP contribution in [-0.2, 0) is 0 Å². The van der Waals surface area contributed by atoms with Crippen molar-refractivity contribution in [2.45, 2.75) is 13.3 Å². The van der Waals surface area contributed by atoms with Crippen LogP contribution in [0.2, 0.25) is 0 Å². The van der Waals surface area contributed by atoms with Gasteiger partial charge in [0.15, 0.2) is 0 Å². The summed E-state index contributed by atoms with van der Waals surface area (Å²) in [6.45, 7) is 1.91. The third-order valence-corrected chi connectivity index (χ3v) is 4.16. The summed E-state index contributed by atoms with van der Waals surface area (Å²) in [4.78, 5) is 16.7. The minimum Gasteiger partial charge on any atom is -0.406 e. The van der Waals surface area contributed by atoms with Crippen molar-refractivity contribution in [1.29, 1.82) is 0 Å². The second kappa shape index (κ2) is 7.17. The van der Waals surface area contributed by atoms with Crippen LogP contribution in [0, 0.1) is 6.92 Å². The minimum absolute atomic E-state index is 0.217. The highest BCUT2D eigenvalue weighted by molar-refractivity contribution is 7.09. The summed E-state index contributed by atoms with van der Waals surface area (Å²) < 4.78 is 40.3. The molecule has 1 heterocycles. The number of aromatic nitrogens is 1. The molecule has 0 saturated heterocycles. The third kappa shape index (κ3) is 4.60.